The first-order valence-corrected chi connectivity index (χ1v) is 5.53. The first-order chi connectivity index (χ1) is 8.41. The van der Waals surface area contributed by atoms with E-state index >= 15 is 0 Å². The Kier molecular flexibility index (Phi) is 3.16. The molecule has 2 rings (SSSR count). The van der Waals surface area contributed by atoms with Crippen LogP contribution in [-0.2, 0) is 6.18 Å². The van der Waals surface area contributed by atoms with Gasteiger partial charge in [0.15, 0.2) is 0 Å². The van der Waals surface area contributed by atoms with E-state index in [1.165, 1.54) is 0 Å². The number of alkyl halides is 3. The molecule has 1 heterocycles. The quantitative estimate of drug-likeness (QED) is 0.835. The lowest BCUT2D eigenvalue weighted by atomic mass is 10.2. The van der Waals surface area contributed by atoms with Crippen LogP contribution in [0.5, 0.6) is 5.88 Å². The zero-order valence-corrected chi connectivity index (χ0v) is 9.66. The average Bonchev–Trinajstić information content (AvgIpc) is 3.01. The highest BCUT2D eigenvalue weighted by Crippen LogP contribution is 2.38. The van der Waals surface area contributed by atoms with E-state index in [-0.39, 0.29) is 11.4 Å². The van der Waals surface area contributed by atoms with Gasteiger partial charge in [0, 0.05) is 0 Å². The third-order valence-electron chi connectivity index (χ3n) is 2.98. The molecular weight excluding hydrogens is 245 g/mol. The summed E-state index contributed by atoms with van der Waals surface area (Å²) in [6.45, 7) is 2.35. The molecule has 0 spiro atoms. The highest BCUT2D eigenvalue weighted by atomic mass is 19.4. The zero-order chi connectivity index (χ0) is 13.3. The van der Waals surface area contributed by atoms with Gasteiger partial charge in [-0.05, 0) is 30.4 Å². The molecule has 1 aromatic rings. The summed E-state index contributed by atoms with van der Waals surface area (Å²) in [5, 5.41) is 8.79. The van der Waals surface area contributed by atoms with E-state index in [9.17, 15) is 13.2 Å². The number of hydrogen-bond acceptors (Lipinski definition) is 3. The van der Waals surface area contributed by atoms with Crippen molar-refractivity contribution in [1.82, 2.24) is 4.98 Å². The molecular formula is C12H11F3N2O. The van der Waals surface area contributed by atoms with Crippen molar-refractivity contribution in [2.24, 2.45) is 11.8 Å². The first kappa shape index (κ1) is 12.7. The van der Waals surface area contributed by atoms with Crippen LogP contribution in [0.3, 0.4) is 0 Å². The van der Waals surface area contributed by atoms with Crippen molar-refractivity contribution in [2.75, 3.05) is 6.61 Å². The molecule has 1 aliphatic carbocycles. The molecule has 0 saturated heterocycles. The maximum Gasteiger partial charge on any atom is 0.433 e. The number of ether oxygens (including phenoxy) is 1. The van der Waals surface area contributed by atoms with Crippen molar-refractivity contribution in [1.29, 1.82) is 5.26 Å². The van der Waals surface area contributed by atoms with Crippen LogP contribution in [0.1, 0.15) is 24.6 Å². The summed E-state index contributed by atoms with van der Waals surface area (Å²) in [6, 6.07) is 3.64. The molecule has 0 aromatic carbocycles. The van der Waals surface area contributed by atoms with Gasteiger partial charge in [-0.15, -0.1) is 0 Å². The number of halogens is 3. The van der Waals surface area contributed by atoms with Crippen molar-refractivity contribution in [3.8, 4) is 11.9 Å². The number of hydrogen-bond donors (Lipinski definition) is 0. The molecule has 2 atom stereocenters. The highest BCUT2D eigenvalue weighted by Gasteiger charge is 2.35. The summed E-state index contributed by atoms with van der Waals surface area (Å²) in [7, 11) is 0. The number of nitrogens with zero attached hydrogens (tertiary/aromatic N) is 2. The maximum absolute atomic E-state index is 12.5. The highest BCUT2D eigenvalue weighted by molar-refractivity contribution is 5.39. The van der Waals surface area contributed by atoms with E-state index < -0.39 is 11.9 Å². The van der Waals surface area contributed by atoms with Gasteiger partial charge in [0.25, 0.3) is 0 Å². The monoisotopic (exact) mass is 256 g/mol. The Labute approximate surface area is 102 Å². The SMILES string of the molecule is CC1CC1COc1nc(C(F)(F)F)ccc1C#N. The Morgan fingerprint density at radius 1 is 1.50 bits per heavy atom. The van der Waals surface area contributed by atoms with Gasteiger partial charge in [0.2, 0.25) is 5.88 Å². The molecule has 0 amide bonds. The van der Waals surface area contributed by atoms with E-state index in [1.54, 1.807) is 6.07 Å². The Morgan fingerprint density at radius 2 is 2.17 bits per heavy atom. The van der Waals surface area contributed by atoms with Crippen LogP contribution in [0.2, 0.25) is 0 Å². The Hall–Kier alpha value is -1.77. The number of rotatable bonds is 3. The van der Waals surface area contributed by atoms with Gasteiger partial charge in [0.05, 0.1) is 6.61 Å². The molecule has 96 valence electrons. The van der Waals surface area contributed by atoms with Crippen LogP contribution in [0.15, 0.2) is 12.1 Å². The lowest BCUT2D eigenvalue weighted by molar-refractivity contribution is -0.141. The second-order valence-electron chi connectivity index (χ2n) is 4.44. The van der Waals surface area contributed by atoms with Gasteiger partial charge in [-0.2, -0.15) is 18.4 Å². The minimum atomic E-state index is -4.53. The van der Waals surface area contributed by atoms with Crippen LogP contribution >= 0.6 is 0 Å². The van der Waals surface area contributed by atoms with E-state index in [1.807, 2.05) is 6.92 Å². The average molecular weight is 256 g/mol. The molecule has 1 aromatic heterocycles. The second kappa shape index (κ2) is 4.48. The van der Waals surface area contributed by atoms with Gasteiger partial charge in [0.1, 0.15) is 17.3 Å². The number of aromatic nitrogens is 1. The van der Waals surface area contributed by atoms with Crippen molar-refractivity contribution in [2.45, 2.75) is 19.5 Å². The minimum Gasteiger partial charge on any atom is -0.476 e. The molecule has 0 radical (unpaired) electrons. The zero-order valence-electron chi connectivity index (χ0n) is 9.66. The molecule has 0 bridgehead atoms. The number of pyridine rings is 1. The van der Waals surface area contributed by atoms with E-state index in [4.69, 9.17) is 10.00 Å². The van der Waals surface area contributed by atoms with Crippen LogP contribution in [0, 0.1) is 23.2 Å². The van der Waals surface area contributed by atoms with E-state index in [0.717, 1.165) is 18.6 Å². The lowest BCUT2D eigenvalue weighted by Crippen LogP contribution is -2.11. The fourth-order valence-corrected chi connectivity index (χ4v) is 1.61. The topological polar surface area (TPSA) is 45.9 Å². The molecule has 2 unspecified atom stereocenters. The predicted octanol–water partition coefficient (Wildman–Crippen LogP) is 3.01. The summed E-state index contributed by atoms with van der Waals surface area (Å²) in [4.78, 5) is 3.37. The normalized spacial score (nSPS) is 22.4. The van der Waals surface area contributed by atoms with E-state index in [0.29, 0.717) is 18.4 Å². The van der Waals surface area contributed by atoms with Crippen molar-refractivity contribution in [3.05, 3.63) is 23.4 Å². The standard InChI is InChI=1S/C12H11F3N2O/c1-7-4-9(7)6-18-11-8(5-16)2-3-10(17-11)12(13,14)15/h2-3,7,9H,4,6H2,1H3. The Bertz CT molecular complexity index is 493. The molecule has 18 heavy (non-hydrogen) atoms. The van der Waals surface area contributed by atoms with Gasteiger partial charge in [-0.25, -0.2) is 4.98 Å². The molecule has 0 N–H and O–H groups in total. The Morgan fingerprint density at radius 3 is 2.67 bits per heavy atom. The smallest absolute Gasteiger partial charge is 0.433 e. The van der Waals surface area contributed by atoms with Gasteiger partial charge >= 0.3 is 6.18 Å². The van der Waals surface area contributed by atoms with Crippen LogP contribution in [0.25, 0.3) is 0 Å². The van der Waals surface area contributed by atoms with Crippen molar-refractivity contribution in [3.63, 3.8) is 0 Å². The third-order valence-corrected chi connectivity index (χ3v) is 2.98. The number of nitriles is 1. The Balaban J connectivity index is 2.17. The molecule has 1 saturated carbocycles. The summed E-state index contributed by atoms with van der Waals surface area (Å²) < 4.78 is 42.7. The largest absolute Gasteiger partial charge is 0.476 e. The van der Waals surface area contributed by atoms with Gasteiger partial charge in [-0.1, -0.05) is 6.92 Å². The van der Waals surface area contributed by atoms with Gasteiger partial charge < -0.3 is 4.74 Å². The molecule has 1 fully saturated rings. The third kappa shape index (κ3) is 2.73. The molecule has 1 aliphatic rings. The van der Waals surface area contributed by atoms with Gasteiger partial charge in [-0.3, -0.25) is 0 Å². The summed E-state index contributed by atoms with van der Waals surface area (Å²) in [6.07, 6.45) is -3.53. The first-order valence-electron chi connectivity index (χ1n) is 5.53. The predicted molar refractivity (Wildman–Crippen MR) is 56.7 cm³/mol. The molecule has 6 heteroatoms. The van der Waals surface area contributed by atoms with Crippen molar-refractivity contribution >= 4 is 0 Å². The fraction of sp³-hybridized carbons (Fsp3) is 0.500. The maximum atomic E-state index is 12.5. The molecule has 3 nitrogen and oxygen atoms in total. The van der Waals surface area contributed by atoms with Crippen LogP contribution in [0.4, 0.5) is 13.2 Å². The summed E-state index contributed by atoms with van der Waals surface area (Å²) in [5.41, 5.74) is -1.02. The lowest BCUT2D eigenvalue weighted by Gasteiger charge is -2.10. The second-order valence-corrected chi connectivity index (χ2v) is 4.44. The van der Waals surface area contributed by atoms with Crippen LogP contribution < -0.4 is 4.74 Å². The van der Waals surface area contributed by atoms with E-state index in [2.05, 4.69) is 4.98 Å². The van der Waals surface area contributed by atoms with Crippen molar-refractivity contribution < 1.29 is 17.9 Å². The minimum absolute atomic E-state index is 0.0244. The molecule has 0 aliphatic heterocycles. The van der Waals surface area contributed by atoms with Crippen LogP contribution in [-0.4, -0.2) is 11.6 Å². The summed E-state index contributed by atoms with van der Waals surface area (Å²) >= 11 is 0. The fourth-order valence-electron chi connectivity index (χ4n) is 1.61. The summed E-state index contributed by atoms with van der Waals surface area (Å²) in [5.74, 6) is 0.653.